The van der Waals surface area contributed by atoms with Crippen LogP contribution in [0.3, 0.4) is 0 Å². The number of nitrogens with zero attached hydrogens (tertiary/aromatic N) is 1. The van der Waals surface area contributed by atoms with Crippen LogP contribution >= 0.6 is 0 Å². The van der Waals surface area contributed by atoms with Gasteiger partial charge in [-0.05, 0) is 63.0 Å². The fourth-order valence-corrected chi connectivity index (χ4v) is 3.81. The molecule has 1 aromatic rings. The SMILES string of the molecule is CC1CCN(CCCNS(=O)(=O)c2ccc(F)c(C(=O)O)c2)CC1. The first-order valence-corrected chi connectivity index (χ1v) is 9.53. The van der Waals surface area contributed by atoms with E-state index in [1.807, 2.05) is 0 Å². The second-order valence-corrected chi connectivity index (χ2v) is 7.99. The Labute approximate surface area is 141 Å². The average Bonchev–Trinajstić information content (AvgIpc) is 2.53. The molecule has 0 saturated carbocycles. The van der Waals surface area contributed by atoms with Crippen LogP contribution in [0.4, 0.5) is 4.39 Å². The maximum Gasteiger partial charge on any atom is 0.338 e. The molecule has 0 aromatic heterocycles. The lowest BCUT2D eigenvalue weighted by Gasteiger charge is -2.30. The van der Waals surface area contributed by atoms with E-state index in [0.29, 0.717) is 6.42 Å². The van der Waals surface area contributed by atoms with Gasteiger partial charge in [-0.2, -0.15) is 0 Å². The van der Waals surface area contributed by atoms with Gasteiger partial charge >= 0.3 is 5.97 Å². The number of nitrogens with one attached hydrogen (secondary N) is 1. The van der Waals surface area contributed by atoms with Crippen molar-refractivity contribution in [2.75, 3.05) is 26.2 Å². The third-order valence-corrected chi connectivity index (χ3v) is 5.76. The first kappa shape index (κ1) is 18.8. The van der Waals surface area contributed by atoms with Gasteiger partial charge in [0.1, 0.15) is 5.82 Å². The van der Waals surface area contributed by atoms with E-state index >= 15 is 0 Å². The normalized spacial score (nSPS) is 17.1. The van der Waals surface area contributed by atoms with Crippen molar-refractivity contribution >= 4 is 16.0 Å². The standard InChI is InChI=1S/C16H23FN2O4S/c1-12-5-9-19(10-6-12)8-2-7-18-24(22,23)13-3-4-15(17)14(11-13)16(20)21/h3-4,11-12,18H,2,5-10H2,1H3,(H,20,21). The predicted octanol–water partition coefficient (Wildman–Crippen LogP) is 1.92. The van der Waals surface area contributed by atoms with Crippen LogP contribution in [0.25, 0.3) is 0 Å². The zero-order valence-corrected chi connectivity index (χ0v) is 14.5. The number of piperidine rings is 1. The van der Waals surface area contributed by atoms with E-state index in [4.69, 9.17) is 5.11 Å². The van der Waals surface area contributed by atoms with Gasteiger partial charge in [0.15, 0.2) is 0 Å². The molecule has 0 bridgehead atoms. The number of hydrogen-bond donors (Lipinski definition) is 2. The van der Waals surface area contributed by atoms with E-state index in [1.54, 1.807) is 0 Å². The third-order valence-electron chi connectivity index (χ3n) is 4.30. The van der Waals surface area contributed by atoms with E-state index in [0.717, 1.165) is 43.8 Å². The maximum absolute atomic E-state index is 13.3. The van der Waals surface area contributed by atoms with Crippen LogP contribution in [-0.2, 0) is 10.0 Å². The van der Waals surface area contributed by atoms with Crippen molar-refractivity contribution in [3.05, 3.63) is 29.6 Å². The topological polar surface area (TPSA) is 86.7 Å². The molecule has 24 heavy (non-hydrogen) atoms. The maximum atomic E-state index is 13.3. The van der Waals surface area contributed by atoms with E-state index in [1.165, 1.54) is 12.8 Å². The van der Waals surface area contributed by atoms with Gasteiger partial charge in [0.2, 0.25) is 10.0 Å². The molecule has 0 amide bonds. The van der Waals surface area contributed by atoms with Crippen LogP contribution in [0.5, 0.6) is 0 Å². The van der Waals surface area contributed by atoms with Gasteiger partial charge in [-0.15, -0.1) is 0 Å². The van der Waals surface area contributed by atoms with Gasteiger partial charge in [-0.1, -0.05) is 6.92 Å². The molecule has 0 unspecified atom stereocenters. The molecule has 1 aromatic carbocycles. The molecule has 0 atom stereocenters. The molecule has 2 N–H and O–H groups in total. The summed E-state index contributed by atoms with van der Waals surface area (Å²) in [6.07, 6.45) is 3.00. The van der Waals surface area contributed by atoms with Crippen molar-refractivity contribution in [2.24, 2.45) is 5.92 Å². The Hall–Kier alpha value is -1.51. The Morgan fingerprint density at radius 2 is 2.04 bits per heavy atom. The third kappa shape index (κ3) is 4.99. The summed E-state index contributed by atoms with van der Waals surface area (Å²) in [5, 5.41) is 8.87. The summed E-state index contributed by atoms with van der Waals surface area (Å²) in [5.74, 6) is -1.70. The molecule has 1 aliphatic heterocycles. The van der Waals surface area contributed by atoms with Crippen LogP contribution in [0.2, 0.25) is 0 Å². The van der Waals surface area contributed by atoms with E-state index in [-0.39, 0.29) is 11.4 Å². The molecule has 0 radical (unpaired) electrons. The Kier molecular flexibility index (Phi) is 6.31. The molecule has 8 heteroatoms. The van der Waals surface area contributed by atoms with E-state index in [2.05, 4.69) is 16.5 Å². The summed E-state index contributed by atoms with van der Waals surface area (Å²) in [5.41, 5.74) is -0.652. The van der Waals surface area contributed by atoms with Crippen molar-refractivity contribution in [1.82, 2.24) is 9.62 Å². The fourth-order valence-electron chi connectivity index (χ4n) is 2.71. The number of hydrogen-bond acceptors (Lipinski definition) is 4. The highest BCUT2D eigenvalue weighted by Gasteiger charge is 2.19. The molecule has 2 rings (SSSR count). The van der Waals surface area contributed by atoms with Gasteiger partial charge in [0.05, 0.1) is 10.5 Å². The summed E-state index contributed by atoms with van der Waals surface area (Å²) in [6.45, 7) is 5.38. The lowest BCUT2D eigenvalue weighted by molar-refractivity contribution is 0.0691. The highest BCUT2D eigenvalue weighted by Crippen LogP contribution is 2.17. The Morgan fingerprint density at radius 1 is 1.38 bits per heavy atom. The number of benzene rings is 1. The van der Waals surface area contributed by atoms with Crippen molar-refractivity contribution in [3.8, 4) is 0 Å². The Balaban J connectivity index is 1.87. The number of rotatable bonds is 7. The number of likely N-dealkylation sites (tertiary alicyclic amines) is 1. The highest BCUT2D eigenvalue weighted by atomic mass is 32.2. The largest absolute Gasteiger partial charge is 0.478 e. The molecule has 1 saturated heterocycles. The predicted molar refractivity (Wildman–Crippen MR) is 88.0 cm³/mol. The number of sulfonamides is 1. The second-order valence-electron chi connectivity index (χ2n) is 6.22. The summed E-state index contributed by atoms with van der Waals surface area (Å²) in [6, 6.07) is 2.76. The smallest absolute Gasteiger partial charge is 0.338 e. The number of aromatic carboxylic acids is 1. The molecule has 0 spiro atoms. The van der Waals surface area contributed by atoms with Gasteiger partial charge < -0.3 is 10.0 Å². The molecule has 1 fully saturated rings. The van der Waals surface area contributed by atoms with Gasteiger partial charge in [0.25, 0.3) is 0 Å². The van der Waals surface area contributed by atoms with Crippen LogP contribution in [0.1, 0.15) is 36.5 Å². The van der Waals surface area contributed by atoms with E-state index < -0.39 is 27.4 Å². The fraction of sp³-hybridized carbons (Fsp3) is 0.562. The zero-order chi connectivity index (χ0) is 17.7. The first-order chi connectivity index (χ1) is 11.3. The van der Waals surface area contributed by atoms with Crippen LogP contribution in [-0.4, -0.2) is 50.6 Å². The number of carboxylic acids is 1. The zero-order valence-electron chi connectivity index (χ0n) is 13.7. The summed E-state index contributed by atoms with van der Waals surface area (Å²) >= 11 is 0. The van der Waals surface area contributed by atoms with E-state index in [9.17, 15) is 17.6 Å². The average molecular weight is 358 g/mol. The van der Waals surface area contributed by atoms with Crippen LogP contribution in [0.15, 0.2) is 23.1 Å². The van der Waals surface area contributed by atoms with Crippen molar-refractivity contribution in [1.29, 1.82) is 0 Å². The molecular formula is C16H23FN2O4S. The lowest BCUT2D eigenvalue weighted by atomic mass is 9.99. The Bertz CT molecular complexity index is 685. The molecule has 1 heterocycles. The Morgan fingerprint density at radius 3 is 2.67 bits per heavy atom. The second kappa shape index (κ2) is 8.04. The lowest BCUT2D eigenvalue weighted by Crippen LogP contribution is -2.35. The van der Waals surface area contributed by atoms with Crippen LogP contribution in [0, 0.1) is 11.7 Å². The van der Waals surface area contributed by atoms with Gasteiger partial charge in [0, 0.05) is 6.54 Å². The highest BCUT2D eigenvalue weighted by molar-refractivity contribution is 7.89. The quantitative estimate of drug-likeness (QED) is 0.727. The van der Waals surface area contributed by atoms with Crippen LogP contribution < -0.4 is 4.72 Å². The summed E-state index contributed by atoms with van der Waals surface area (Å²) in [4.78, 5) is 13.0. The molecule has 1 aliphatic rings. The minimum Gasteiger partial charge on any atom is -0.478 e. The van der Waals surface area contributed by atoms with Gasteiger partial charge in [-0.3, -0.25) is 0 Å². The van der Waals surface area contributed by atoms with Crippen molar-refractivity contribution < 1.29 is 22.7 Å². The monoisotopic (exact) mass is 358 g/mol. The summed E-state index contributed by atoms with van der Waals surface area (Å²) < 4.78 is 40.1. The van der Waals surface area contributed by atoms with Crippen molar-refractivity contribution in [3.63, 3.8) is 0 Å². The number of carboxylic acid groups (broad SMARTS) is 1. The van der Waals surface area contributed by atoms with Crippen molar-refractivity contribution in [2.45, 2.75) is 31.1 Å². The minimum absolute atomic E-state index is 0.243. The first-order valence-electron chi connectivity index (χ1n) is 8.04. The number of halogens is 1. The summed E-state index contributed by atoms with van der Waals surface area (Å²) in [7, 11) is -3.84. The molecule has 0 aliphatic carbocycles. The minimum atomic E-state index is -3.84. The molecule has 134 valence electrons. The number of carbonyl (C=O) groups is 1. The molecular weight excluding hydrogens is 335 g/mol. The molecule has 6 nitrogen and oxygen atoms in total. The van der Waals surface area contributed by atoms with Gasteiger partial charge in [-0.25, -0.2) is 22.3 Å².